The molecule has 1 saturated heterocycles. The smallest absolute Gasteiger partial charge is 0.0908 e. The number of ether oxygens (including phenoxy) is 1. The second kappa shape index (κ2) is 4.41. The first-order valence-electron chi connectivity index (χ1n) is 6.03. The molecule has 0 saturated carbocycles. The molecule has 0 bridgehead atoms. The van der Waals surface area contributed by atoms with Crippen LogP contribution in [0.1, 0.15) is 6.92 Å². The molecular formula is C14H15ClN2O. The van der Waals surface area contributed by atoms with E-state index in [0.717, 1.165) is 36.3 Å². The number of nitrogens with one attached hydrogen (secondary N) is 1. The Bertz CT molecular complexity index is 581. The van der Waals surface area contributed by atoms with Crippen molar-refractivity contribution in [2.24, 2.45) is 5.41 Å². The van der Waals surface area contributed by atoms with E-state index >= 15 is 0 Å². The van der Waals surface area contributed by atoms with Crippen LogP contribution in [-0.2, 0) is 4.74 Å². The minimum absolute atomic E-state index is 0.244. The molecule has 2 aromatic rings. The van der Waals surface area contributed by atoms with Crippen molar-refractivity contribution in [3.63, 3.8) is 0 Å². The summed E-state index contributed by atoms with van der Waals surface area (Å²) in [6.07, 6.45) is 1.76. The number of halogens is 1. The Morgan fingerprint density at radius 1 is 1.39 bits per heavy atom. The molecular weight excluding hydrogens is 248 g/mol. The van der Waals surface area contributed by atoms with E-state index in [1.165, 1.54) is 0 Å². The molecule has 1 aromatic carbocycles. The van der Waals surface area contributed by atoms with Gasteiger partial charge in [0.2, 0.25) is 0 Å². The Morgan fingerprint density at radius 2 is 2.22 bits per heavy atom. The molecule has 0 spiro atoms. The molecule has 0 aliphatic carbocycles. The Hall–Kier alpha value is -1.32. The number of pyridine rings is 1. The lowest BCUT2D eigenvalue weighted by Gasteiger charge is -2.38. The summed E-state index contributed by atoms with van der Waals surface area (Å²) in [4.78, 5) is 4.32. The molecule has 4 heteroatoms. The van der Waals surface area contributed by atoms with Crippen molar-refractivity contribution in [3.8, 4) is 0 Å². The van der Waals surface area contributed by atoms with E-state index in [2.05, 4.69) is 17.2 Å². The highest BCUT2D eigenvalue weighted by Gasteiger charge is 2.33. The van der Waals surface area contributed by atoms with Gasteiger partial charge in [0.25, 0.3) is 0 Å². The number of hydrogen-bond acceptors (Lipinski definition) is 3. The maximum absolute atomic E-state index is 6.15. The van der Waals surface area contributed by atoms with Crippen molar-refractivity contribution in [3.05, 3.63) is 35.5 Å². The minimum atomic E-state index is 0.244. The summed E-state index contributed by atoms with van der Waals surface area (Å²) in [5.74, 6) is 0. The molecule has 3 nitrogen and oxygen atoms in total. The van der Waals surface area contributed by atoms with Gasteiger partial charge in [-0.3, -0.25) is 4.98 Å². The van der Waals surface area contributed by atoms with Gasteiger partial charge in [-0.05, 0) is 24.3 Å². The van der Waals surface area contributed by atoms with Gasteiger partial charge < -0.3 is 10.1 Å². The van der Waals surface area contributed by atoms with Gasteiger partial charge in [0, 0.05) is 29.2 Å². The van der Waals surface area contributed by atoms with E-state index in [-0.39, 0.29) is 5.41 Å². The third-order valence-electron chi connectivity index (χ3n) is 3.33. The van der Waals surface area contributed by atoms with Crippen LogP contribution < -0.4 is 5.32 Å². The molecule has 0 amide bonds. The fourth-order valence-electron chi connectivity index (χ4n) is 2.15. The number of benzene rings is 1. The van der Waals surface area contributed by atoms with Crippen LogP contribution in [-0.4, -0.2) is 24.7 Å². The molecule has 2 heterocycles. The van der Waals surface area contributed by atoms with Crippen LogP contribution in [0.5, 0.6) is 0 Å². The van der Waals surface area contributed by atoms with Gasteiger partial charge in [-0.15, -0.1) is 0 Å². The molecule has 94 valence electrons. The van der Waals surface area contributed by atoms with E-state index in [1.807, 2.05) is 24.3 Å². The summed E-state index contributed by atoms with van der Waals surface area (Å²) in [6, 6.07) is 7.86. The van der Waals surface area contributed by atoms with Crippen molar-refractivity contribution in [1.82, 2.24) is 4.98 Å². The van der Waals surface area contributed by atoms with Gasteiger partial charge in [-0.25, -0.2) is 0 Å². The van der Waals surface area contributed by atoms with E-state index in [4.69, 9.17) is 16.3 Å². The monoisotopic (exact) mass is 262 g/mol. The van der Waals surface area contributed by atoms with E-state index < -0.39 is 0 Å². The van der Waals surface area contributed by atoms with Gasteiger partial charge >= 0.3 is 0 Å². The normalized spacial score (nSPS) is 17.4. The van der Waals surface area contributed by atoms with Crippen LogP contribution >= 0.6 is 11.6 Å². The summed E-state index contributed by atoms with van der Waals surface area (Å²) in [6.45, 7) is 4.77. The zero-order valence-corrected chi connectivity index (χ0v) is 11.0. The van der Waals surface area contributed by atoms with Crippen LogP contribution in [0.2, 0.25) is 5.02 Å². The maximum Gasteiger partial charge on any atom is 0.0908 e. The second-order valence-corrected chi connectivity index (χ2v) is 5.56. The molecule has 1 N–H and O–H groups in total. The van der Waals surface area contributed by atoms with Gasteiger partial charge in [-0.1, -0.05) is 18.5 Å². The summed E-state index contributed by atoms with van der Waals surface area (Å²) in [5, 5.41) is 5.23. The highest BCUT2D eigenvalue weighted by Crippen LogP contribution is 2.31. The highest BCUT2D eigenvalue weighted by atomic mass is 35.5. The topological polar surface area (TPSA) is 34.2 Å². The van der Waals surface area contributed by atoms with Crippen molar-refractivity contribution in [2.75, 3.05) is 25.1 Å². The van der Waals surface area contributed by atoms with Crippen LogP contribution in [0, 0.1) is 5.41 Å². The lowest BCUT2D eigenvalue weighted by molar-refractivity contribution is -0.0924. The van der Waals surface area contributed by atoms with Gasteiger partial charge in [0.05, 0.1) is 23.8 Å². The average Bonchev–Trinajstić information content (AvgIpc) is 2.36. The largest absolute Gasteiger partial charge is 0.384 e. The number of fused-ring (bicyclic) bond motifs is 1. The van der Waals surface area contributed by atoms with Gasteiger partial charge in [-0.2, -0.15) is 0 Å². The average molecular weight is 263 g/mol. The van der Waals surface area contributed by atoms with Crippen LogP contribution in [0.3, 0.4) is 0 Å². The number of hydrogen-bond donors (Lipinski definition) is 1. The van der Waals surface area contributed by atoms with Gasteiger partial charge in [0.15, 0.2) is 0 Å². The molecule has 0 radical (unpaired) electrons. The third-order valence-corrected chi connectivity index (χ3v) is 3.63. The van der Waals surface area contributed by atoms with Crippen LogP contribution in [0.4, 0.5) is 5.69 Å². The summed E-state index contributed by atoms with van der Waals surface area (Å²) >= 11 is 6.15. The highest BCUT2D eigenvalue weighted by molar-refractivity contribution is 6.35. The molecule has 3 rings (SSSR count). The standard InChI is InChI=1S/C14H15ClN2O/c1-14(8-18-9-14)7-17-12-5-4-11(15)13-10(12)3-2-6-16-13/h2-6,17H,7-9H2,1H3. The van der Waals surface area contributed by atoms with Crippen LogP contribution in [0.25, 0.3) is 10.9 Å². The fraction of sp³-hybridized carbons (Fsp3) is 0.357. The van der Waals surface area contributed by atoms with E-state index in [9.17, 15) is 0 Å². The summed E-state index contributed by atoms with van der Waals surface area (Å²) in [7, 11) is 0. The molecule has 1 fully saturated rings. The first-order chi connectivity index (χ1) is 8.68. The summed E-state index contributed by atoms with van der Waals surface area (Å²) < 4.78 is 5.26. The first kappa shape index (κ1) is 11.8. The number of anilines is 1. The van der Waals surface area contributed by atoms with Crippen molar-refractivity contribution < 1.29 is 4.74 Å². The van der Waals surface area contributed by atoms with Gasteiger partial charge in [0.1, 0.15) is 0 Å². The third kappa shape index (κ3) is 2.04. The SMILES string of the molecule is CC1(CNc2ccc(Cl)c3ncccc23)COC1. The van der Waals surface area contributed by atoms with Crippen molar-refractivity contribution in [1.29, 1.82) is 0 Å². The lowest BCUT2D eigenvalue weighted by Crippen LogP contribution is -2.45. The predicted molar refractivity (Wildman–Crippen MR) is 74.2 cm³/mol. The summed E-state index contributed by atoms with van der Waals surface area (Å²) in [5.41, 5.74) is 2.17. The molecule has 1 aliphatic rings. The number of nitrogens with zero attached hydrogens (tertiary/aromatic N) is 1. The maximum atomic E-state index is 6.15. The predicted octanol–water partition coefficient (Wildman–Crippen LogP) is 3.34. The minimum Gasteiger partial charge on any atom is -0.384 e. The van der Waals surface area contributed by atoms with Crippen LogP contribution in [0.15, 0.2) is 30.5 Å². The number of rotatable bonds is 3. The number of aromatic nitrogens is 1. The second-order valence-electron chi connectivity index (χ2n) is 5.15. The van der Waals surface area contributed by atoms with Crippen molar-refractivity contribution >= 4 is 28.2 Å². The zero-order valence-electron chi connectivity index (χ0n) is 10.2. The van der Waals surface area contributed by atoms with E-state index in [1.54, 1.807) is 6.20 Å². The molecule has 1 aromatic heterocycles. The van der Waals surface area contributed by atoms with Crippen molar-refractivity contribution in [2.45, 2.75) is 6.92 Å². The Labute approximate surface area is 111 Å². The molecule has 0 atom stereocenters. The first-order valence-corrected chi connectivity index (χ1v) is 6.41. The molecule has 0 unspecified atom stereocenters. The fourth-order valence-corrected chi connectivity index (χ4v) is 2.37. The Kier molecular flexibility index (Phi) is 2.88. The molecule has 18 heavy (non-hydrogen) atoms. The molecule has 1 aliphatic heterocycles. The zero-order chi connectivity index (χ0) is 12.6. The lowest BCUT2D eigenvalue weighted by atomic mass is 9.88. The Morgan fingerprint density at radius 3 is 2.94 bits per heavy atom. The van der Waals surface area contributed by atoms with E-state index in [0.29, 0.717) is 5.02 Å². The Balaban J connectivity index is 1.90. The quantitative estimate of drug-likeness (QED) is 0.921.